The van der Waals surface area contributed by atoms with Gasteiger partial charge in [-0.05, 0) is 50.2 Å². The molecule has 0 fully saturated rings. The number of hydrogen-bond donors (Lipinski definition) is 1. The highest BCUT2D eigenvalue weighted by Gasteiger charge is 2.22. The normalized spacial score (nSPS) is 11.7. The van der Waals surface area contributed by atoms with Crippen LogP contribution < -0.4 is 10.1 Å². The van der Waals surface area contributed by atoms with Crippen LogP contribution in [0, 0.1) is 0 Å². The van der Waals surface area contributed by atoms with Crippen LogP contribution in [0.1, 0.15) is 24.2 Å². The summed E-state index contributed by atoms with van der Waals surface area (Å²) in [5, 5.41) is 2.62. The SMILES string of the molecule is CCOc1ccc(NC(=O)[C@H](C)OC(=O)c2ccccc2SC(F)F)cc1. The van der Waals surface area contributed by atoms with Crippen molar-refractivity contribution in [3.05, 3.63) is 54.1 Å². The Balaban J connectivity index is 1.98. The molecule has 0 saturated carbocycles. The van der Waals surface area contributed by atoms with Gasteiger partial charge in [-0.1, -0.05) is 23.9 Å². The van der Waals surface area contributed by atoms with Gasteiger partial charge in [0.1, 0.15) is 5.75 Å². The predicted octanol–water partition coefficient (Wildman–Crippen LogP) is 4.58. The molecule has 0 aliphatic rings. The van der Waals surface area contributed by atoms with E-state index in [0.29, 0.717) is 18.0 Å². The van der Waals surface area contributed by atoms with Gasteiger partial charge < -0.3 is 14.8 Å². The smallest absolute Gasteiger partial charge is 0.340 e. The lowest BCUT2D eigenvalue weighted by atomic mass is 10.2. The van der Waals surface area contributed by atoms with Gasteiger partial charge in [0, 0.05) is 10.6 Å². The van der Waals surface area contributed by atoms with Crippen molar-refractivity contribution in [3.63, 3.8) is 0 Å². The quantitative estimate of drug-likeness (QED) is 0.523. The van der Waals surface area contributed by atoms with E-state index < -0.39 is 23.7 Å². The molecule has 0 spiro atoms. The highest BCUT2D eigenvalue weighted by Crippen LogP contribution is 2.29. The number of esters is 1. The Morgan fingerprint density at radius 2 is 1.78 bits per heavy atom. The molecular formula is C19H19F2NO4S. The van der Waals surface area contributed by atoms with Crippen molar-refractivity contribution in [1.82, 2.24) is 0 Å². The lowest BCUT2D eigenvalue weighted by Crippen LogP contribution is -2.30. The third-order valence-corrected chi connectivity index (χ3v) is 4.20. The Morgan fingerprint density at radius 1 is 1.11 bits per heavy atom. The van der Waals surface area contributed by atoms with Crippen molar-refractivity contribution in [2.75, 3.05) is 11.9 Å². The highest BCUT2D eigenvalue weighted by atomic mass is 32.2. The van der Waals surface area contributed by atoms with Crippen molar-refractivity contribution in [2.45, 2.75) is 30.6 Å². The maximum Gasteiger partial charge on any atom is 0.340 e. The Morgan fingerprint density at radius 3 is 2.41 bits per heavy atom. The molecule has 0 heterocycles. The van der Waals surface area contributed by atoms with E-state index in [9.17, 15) is 18.4 Å². The first kappa shape index (κ1) is 20.7. The number of rotatable bonds is 8. The van der Waals surface area contributed by atoms with Gasteiger partial charge in [-0.15, -0.1) is 0 Å². The second-order valence-corrected chi connectivity index (χ2v) is 6.40. The first-order valence-electron chi connectivity index (χ1n) is 8.19. The number of ether oxygens (including phenoxy) is 2. The van der Waals surface area contributed by atoms with E-state index in [1.54, 1.807) is 30.3 Å². The van der Waals surface area contributed by atoms with Crippen LogP contribution in [0.2, 0.25) is 0 Å². The van der Waals surface area contributed by atoms with E-state index in [4.69, 9.17) is 9.47 Å². The van der Waals surface area contributed by atoms with Crippen LogP contribution in [-0.2, 0) is 9.53 Å². The van der Waals surface area contributed by atoms with Crippen LogP contribution in [0.4, 0.5) is 14.5 Å². The summed E-state index contributed by atoms with van der Waals surface area (Å²) in [5.74, 6) is -3.37. The van der Waals surface area contributed by atoms with Gasteiger partial charge >= 0.3 is 5.97 Å². The minimum atomic E-state index is -2.67. The van der Waals surface area contributed by atoms with Gasteiger partial charge in [0.25, 0.3) is 11.7 Å². The van der Waals surface area contributed by atoms with E-state index >= 15 is 0 Å². The molecule has 1 atom stereocenters. The van der Waals surface area contributed by atoms with E-state index in [0.717, 1.165) is 0 Å². The number of thioether (sulfide) groups is 1. The minimum Gasteiger partial charge on any atom is -0.494 e. The van der Waals surface area contributed by atoms with Crippen LogP contribution >= 0.6 is 11.8 Å². The third kappa shape index (κ3) is 6.25. The fraction of sp³-hybridized carbons (Fsp3) is 0.263. The van der Waals surface area contributed by atoms with E-state index in [1.807, 2.05) is 6.92 Å². The van der Waals surface area contributed by atoms with Crippen molar-refractivity contribution < 1.29 is 27.8 Å². The van der Waals surface area contributed by atoms with Gasteiger partial charge in [0.2, 0.25) is 0 Å². The molecule has 2 rings (SSSR count). The first-order valence-corrected chi connectivity index (χ1v) is 9.07. The van der Waals surface area contributed by atoms with Crippen molar-refractivity contribution in [1.29, 1.82) is 0 Å². The molecule has 0 aliphatic carbocycles. The van der Waals surface area contributed by atoms with E-state index in [-0.39, 0.29) is 22.2 Å². The molecule has 27 heavy (non-hydrogen) atoms. The number of hydrogen-bond acceptors (Lipinski definition) is 5. The molecule has 1 amide bonds. The van der Waals surface area contributed by atoms with Crippen molar-refractivity contribution in [2.24, 2.45) is 0 Å². The zero-order chi connectivity index (χ0) is 19.8. The molecule has 0 aliphatic heterocycles. The molecule has 0 aromatic heterocycles. The fourth-order valence-corrected chi connectivity index (χ4v) is 2.78. The molecule has 2 aromatic carbocycles. The standard InChI is InChI=1S/C19H19F2NO4S/c1-3-25-14-10-8-13(9-11-14)22-17(23)12(2)26-18(24)15-6-4-5-7-16(15)27-19(20)21/h4-12,19H,3H2,1-2H3,(H,22,23)/t12-/m0/s1. The van der Waals surface area contributed by atoms with Crippen LogP contribution in [0.3, 0.4) is 0 Å². The fourth-order valence-electron chi connectivity index (χ4n) is 2.16. The summed E-state index contributed by atoms with van der Waals surface area (Å²) in [7, 11) is 0. The van der Waals surface area contributed by atoms with E-state index in [1.165, 1.54) is 25.1 Å². The molecule has 1 N–H and O–H groups in total. The number of carbonyl (C=O) groups excluding carboxylic acids is 2. The summed E-state index contributed by atoms with van der Waals surface area (Å²) < 4.78 is 35.7. The lowest BCUT2D eigenvalue weighted by Gasteiger charge is -2.15. The Bertz CT molecular complexity index is 784. The molecular weight excluding hydrogens is 376 g/mol. The first-order chi connectivity index (χ1) is 12.9. The van der Waals surface area contributed by atoms with Gasteiger partial charge in [-0.25, -0.2) is 4.79 Å². The molecule has 2 aromatic rings. The molecule has 8 heteroatoms. The van der Waals surface area contributed by atoms with Crippen LogP contribution in [0.25, 0.3) is 0 Å². The summed E-state index contributed by atoms with van der Waals surface area (Å²) in [6.07, 6.45) is -1.10. The molecule has 5 nitrogen and oxygen atoms in total. The van der Waals surface area contributed by atoms with E-state index in [2.05, 4.69) is 5.32 Å². The molecule has 0 saturated heterocycles. The molecule has 0 radical (unpaired) electrons. The number of carbonyl (C=O) groups is 2. The summed E-state index contributed by atoms with van der Waals surface area (Å²) in [4.78, 5) is 24.6. The average Bonchev–Trinajstić information content (AvgIpc) is 2.63. The largest absolute Gasteiger partial charge is 0.494 e. The summed E-state index contributed by atoms with van der Waals surface area (Å²) in [6.45, 7) is 3.80. The number of alkyl halides is 2. The summed E-state index contributed by atoms with van der Waals surface area (Å²) >= 11 is 0.250. The van der Waals surface area contributed by atoms with Crippen LogP contribution in [0.5, 0.6) is 5.75 Å². The van der Waals surface area contributed by atoms with Crippen molar-refractivity contribution in [3.8, 4) is 5.75 Å². The van der Waals surface area contributed by atoms with Crippen LogP contribution in [-0.4, -0.2) is 30.3 Å². The van der Waals surface area contributed by atoms with Crippen molar-refractivity contribution >= 4 is 29.3 Å². The lowest BCUT2D eigenvalue weighted by molar-refractivity contribution is -0.123. The highest BCUT2D eigenvalue weighted by molar-refractivity contribution is 7.99. The Labute approximate surface area is 160 Å². The molecule has 0 unspecified atom stereocenters. The second-order valence-electron chi connectivity index (χ2n) is 5.37. The maximum absolute atomic E-state index is 12.6. The average molecular weight is 395 g/mol. The molecule has 144 valence electrons. The predicted molar refractivity (Wildman–Crippen MR) is 99.4 cm³/mol. The topological polar surface area (TPSA) is 64.6 Å². The number of halogens is 2. The zero-order valence-electron chi connectivity index (χ0n) is 14.8. The van der Waals surface area contributed by atoms with Gasteiger partial charge in [0.15, 0.2) is 6.10 Å². The number of nitrogens with one attached hydrogen (secondary N) is 1. The Kier molecular flexibility index (Phi) is 7.60. The Hall–Kier alpha value is -2.61. The summed E-state index contributed by atoms with van der Waals surface area (Å²) in [5.41, 5.74) is 0.503. The molecule has 0 bridgehead atoms. The maximum atomic E-state index is 12.6. The van der Waals surface area contributed by atoms with Gasteiger partial charge in [-0.3, -0.25) is 4.79 Å². The second kappa shape index (κ2) is 9.91. The monoisotopic (exact) mass is 395 g/mol. The zero-order valence-corrected chi connectivity index (χ0v) is 15.6. The third-order valence-electron chi connectivity index (χ3n) is 3.41. The van der Waals surface area contributed by atoms with Gasteiger partial charge in [0.05, 0.1) is 12.2 Å². The summed E-state index contributed by atoms with van der Waals surface area (Å²) in [6, 6.07) is 12.6. The number of amides is 1. The van der Waals surface area contributed by atoms with Crippen LogP contribution in [0.15, 0.2) is 53.4 Å². The number of benzene rings is 2. The number of anilines is 1. The minimum absolute atomic E-state index is 0.0106. The van der Waals surface area contributed by atoms with Gasteiger partial charge in [-0.2, -0.15) is 8.78 Å².